The van der Waals surface area contributed by atoms with Gasteiger partial charge in [-0.2, -0.15) is 0 Å². The summed E-state index contributed by atoms with van der Waals surface area (Å²) in [6, 6.07) is 3.58. The SMILES string of the molecule is CC(C)(C)OC(=O)NCC(=Cc1ccc(OC(F)(F)F)cc1Cl)B1OC(C)(C)C(C)(C)O1. The van der Waals surface area contributed by atoms with Crippen LogP contribution in [0, 0.1) is 0 Å². The number of hydrogen-bond donors (Lipinski definition) is 1. The summed E-state index contributed by atoms with van der Waals surface area (Å²) in [6.07, 6.45) is -3.87. The summed E-state index contributed by atoms with van der Waals surface area (Å²) in [5.74, 6) is -0.441. The molecule has 1 aromatic rings. The molecule has 1 fully saturated rings. The first-order chi connectivity index (χ1) is 14.4. The van der Waals surface area contributed by atoms with Crippen LogP contribution in [0.3, 0.4) is 0 Å². The average Bonchev–Trinajstić information content (AvgIpc) is 2.77. The van der Waals surface area contributed by atoms with Crippen molar-refractivity contribution in [2.45, 2.75) is 71.6 Å². The van der Waals surface area contributed by atoms with Crippen molar-refractivity contribution in [1.29, 1.82) is 0 Å². The third kappa shape index (κ3) is 7.32. The van der Waals surface area contributed by atoms with Gasteiger partial charge in [-0.25, -0.2) is 4.79 Å². The second-order valence-corrected chi connectivity index (χ2v) is 9.80. The largest absolute Gasteiger partial charge is 0.573 e. The molecule has 0 unspecified atom stereocenters. The maximum absolute atomic E-state index is 12.5. The predicted molar refractivity (Wildman–Crippen MR) is 116 cm³/mol. The first-order valence-electron chi connectivity index (χ1n) is 9.97. The molecule has 11 heteroatoms. The molecule has 0 aliphatic carbocycles. The molecule has 1 saturated heterocycles. The zero-order chi connectivity index (χ0) is 24.5. The van der Waals surface area contributed by atoms with E-state index in [9.17, 15) is 18.0 Å². The number of carbonyl (C=O) groups excluding carboxylic acids is 1. The predicted octanol–water partition coefficient (Wildman–Crippen LogP) is 5.78. The Balaban J connectivity index is 2.32. The molecule has 1 aliphatic rings. The van der Waals surface area contributed by atoms with Gasteiger partial charge in [0.2, 0.25) is 0 Å². The van der Waals surface area contributed by atoms with Crippen LogP contribution in [0.25, 0.3) is 6.08 Å². The van der Waals surface area contributed by atoms with Crippen LogP contribution in [0.2, 0.25) is 5.02 Å². The molecular weight excluding hydrogens is 449 g/mol. The highest BCUT2D eigenvalue weighted by Gasteiger charge is 2.52. The molecule has 1 heterocycles. The van der Waals surface area contributed by atoms with Crippen molar-refractivity contribution in [3.05, 3.63) is 34.3 Å². The number of carbonyl (C=O) groups is 1. The topological polar surface area (TPSA) is 66.0 Å². The smallest absolute Gasteiger partial charge is 0.444 e. The van der Waals surface area contributed by atoms with E-state index in [0.29, 0.717) is 11.0 Å². The summed E-state index contributed by atoms with van der Waals surface area (Å²) in [4.78, 5) is 12.1. The Morgan fingerprint density at radius 1 is 1.16 bits per heavy atom. The summed E-state index contributed by atoms with van der Waals surface area (Å²) in [7, 11) is -0.822. The maximum atomic E-state index is 12.5. The lowest BCUT2D eigenvalue weighted by Gasteiger charge is -2.32. The van der Waals surface area contributed by atoms with Gasteiger partial charge in [-0.15, -0.1) is 13.2 Å². The Kier molecular flexibility index (Phi) is 7.54. The number of alkyl halides is 3. The highest BCUT2D eigenvalue weighted by molar-refractivity contribution is 6.56. The first-order valence-corrected chi connectivity index (χ1v) is 10.3. The molecule has 32 heavy (non-hydrogen) atoms. The van der Waals surface area contributed by atoms with Gasteiger partial charge in [-0.05, 0) is 77.7 Å². The standard InChI is InChI=1S/C21H28BClF3NO5/c1-18(2,3)30-17(28)27-12-14(22-31-19(4,5)20(6,7)32-22)10-13-8-9-15(11-16(13)23)29-21(24,25)26/h8-11H,12H2,1-7H3,(H,27,28). The van der Waals surface area contributed by atoms with E-state index >= 15 is 0 Å². The molecule has 0 spiro atoms. The van der Waals surface area contributed by atoms with Gasteiger partial charge >= 0.3 is 19.6 Å². The summed E-state index contributed by atoms with van der Waals surface area (Å²) >= 11 is 6.19. The zero-order valence-electron chi connectivity index (χ0n) is 19.1. The van der Waals surface area contributed by atoms with Crippen LogP contribution in [0.4, 0.5) is 18.0 Å². The van der Waals surface area contributed by atoms with Gasteiger partial charge in [0, 0.05) is 6.54 Å². The van der Waals surface area contributed by atoms with Crippen LogP contribution in [-0.2, 0) is 14.0 Å². The van der Waals surface area contributed by atoms with E-state index in [4.69, 9.17) is 25.6 Å². The second kappa shape index (κ2) is 9.15. The van der Waals surface area contributed by atoms with Crippen molar-refractivity contribution in [3.8, 4) is 5.75 Å². The van der Waals surface area contributed by atoms with Crippen molar-refractivity contribution in [1.82, 2.24) is 5.32 Å². The fraction of sp³-hybridized carbons (Fsp3) is 0.571. The molecule has 1 aromatic carbocycles. The Morgan fingerprint density at radius 3 is 2.19 bits per heavy atom. The number of benzene rings is 1. The average molecular weight is 478 g/mol. The minimum atomic E-state index is -4.83. The van der Waals surface area contributed by atoms with Crippen LogP contribution >= 0.6 is 11.6 Å². The summed E-state index contributed by atoms with van der Waals surface area (Å²) in [5, 5.41) is 2.67. The quantitative estimate of drug-likeness (QED) is 0.545. The lowest BCUT2D eigenvalue weighted by atomic mass is 9.77. The molecule has 0 radical (unpaired) electrons. The van der Waals surface area contributed by atoms with Crippen LogP contribution < -0.4 is 10.1 Å². The fourth-order valence-electron chi connectivity index (χ4n) is 2.71. The van der Waals surface area contributed by atoms with Crippen molar-refractivity contribution in [3.63, 3.8) is 0 Å². The molecule has 0 bridgehead atoms. The van der Waals surface area contributed by atoms with Gasteiger partial charge in [0.25, 0.3) is 0 Å². The number of amides is 1. The highest BCUT2D eigenvalue weighted by Crippen LogP contribution is 2.39. The number of rotatable bonds is 5. The molecule has 178 valence electrons. The molecule has 1 amide bonds. The Labute approximate surface area is 191 Å². The van der Waals surface area contributed by atoms with Crippen LogP contribution in [0.1, 0.15) is 54.0 Å². The third-order valence-electron chi connectivity index (χ3n) is 4.94. The van der Waals surface area contributed by atoms with Gasteiger partial charge in [-0.3, -0.25) is 0 Å². The minimum Gasteiger partial charge on any atom is -0.444 e. The highest BCUT2D eigenvalue weighted by atomic mass is 35.5. The molecule has 1 N–H and O–H groups in total. The number of alkyl carbamates (subject to hydrolysis) is 1. The van der Waals surface area contributed by atoms with Crippen LogP contribution in [0.15, 0.2) is 23.7 Å². The monoisotopic (exact) mass is 477 g/mol. The van der Waals surface area contributed by atoms with Gasteiger partial charge in [0.1, 0.15) is 11.4 Å². The van der Waals surface area contributed by atoms with Crippen molar-refractivity contribution < 1.29 is 36.7 Å². The summed E-state index contributed by atoms with van der Waals surface area (Å²) < 4.78 is 58.7. The summed E-state index contributed by atoms with van der Waals surface area (Å²) in [5.41, 5.74) is -1.07. The Hall–Kier alpha value is -1.91. The van der Waals surface area contributed by atoms with Crippen LogP contribution in [-0.4, -0.2) is 42.9 Å². The van der Waals surface area contributed by atoms with E-state index in [0.717, 1.165) is 12.1 Å². The minimum absolute atomic E-state index is 0.00285. The molecule has 1 aliphatic heterocycles. The second-order valence-electron chi connectivity index (χ2n) is 9.39. The van der Waals surface area contributed by atoms with E-state index < -0.39 is 42.1 Å². The van der Waals surface area contributed by atoms with Gasteiger partial charge in [0.15, 0.2) is 0 Å². The molecule has 0 aromatic heterocycles. The van der Waals surface area contributed by atoms with Crippen molar-refractivity contribution in [2.24, 2.45) is 0 Å². The maximum Gasteiger partial charge on any atom is 0.573 e. The Bertz CT molecular complexity index is 865. The number of hydrogen-bond acceptors (Lipinski definition) is 5. The molecular formula is C21H28BClF3NO5. The van der Waals surface area contributed by atoms with E-state index in [-0.39, 0.29) is 11.6 Å². The summed E-state index contributed by atoms with van der Waals surface area (Å²) in [6.45, 7) is 12.7. The third-order valence-corrected chi connectivity index (χ3v) is 5.27. The van der Waals surface area contributed by atoms with Gasteiger partial charge in [-0.1, -0.05) is 17.7 Å². The van der Waals surface area contributed by atoms with E-state index in [1.807, 2.05) is 27.7 Å². The van der Waals surface area contributed by atoms with Gasteiger partial charge < -0.3 is 24.1 Å². The zero-order valence-corrected chi connectivity index (χ0v) is 19.9. The fourth-order valence-corrected chi connectivity index (χ4v) is 2.93. The first kappa shape index (κ1) is 26.3. The number of nitrogens with one attached hydrogen (secondary N) is 1. The molecule has 0 saturated carbocycles. The van der Waals surface area contributed by atoms with Crippen LogP contribution in [0.5, 0.6) is 5.75 Å². The van der Waals surface area contributed by atoms with Gasteiger partial charge in [0.05, 0.1) is 16.2 Å². The van der Waals surface area contributed by atoms with E-state index in [2.05, 4.69) is 10.1 Å². The number of ether oxygens (including phenoxy) is 2. The molecule has 6 nitrogen and oxygen atoms in total. The molecule has 0 atom stereocenters. The molecule has 2 rings (SSSR count). The van der Waals surface area contributed by atoms with E-state index in [1.165, 1.54) is 6.07 Å². The Morgan fingerprint density at radius 2 is 1.72 bits per heavy atom. The lowest BCUT2D eigenvalue weighted by Crippen LogP contribution is -2.41. The van der Waals surface area contributed by atoms with Crippen molar-refractivity contribution >= 4 is 30.9 Å². The van der Waals surface area contributed by atoms with Crippen molar-refractivity contribution in [2.75, 3.05) is 6.54 Å². The lowest BCUT2D eigenvalue weighted by molar-refractivity contribution is -0.274. The number of halogens is 4. The van der Waals surface area contributed by atoms with E-state index in [1.54, 1.807) is 26.8 Å². The normalized spacial score (nSPS) is 18.5.